The Morgan fingerprint density at radius 1 is 1.44 bits per heavy atom. The molecule has 1 aromatic carbocycles. The van der Waals surface area contributed by atoms with Crippen molar-refractivity contribution in [3.63, 3.8) is 0 Å². The lowest BCUT2D eigenvalue weighted by Gasteiger charge is -2.32. The van der Waals surface area contributed by atoms with Gasteiger partial charge in [-0.3, -0.25) is 4.79 Å². The van der Waals surface area contributed by atoms with Gasteiger partial charge < -0.3 is 9.84 Å². The molecule has 3 heteroatoms. The van der Waals surface area contributed by atoms with Crippen molar-refractivity contribution < 1.29 is 14.6 Å². The van der Waals surface area contributed by atoms with E-state index in [1.54, 1.807) is 0 Å². The van der Waals surface area contributed by atoms with E-state index in [1.165, 1.54) is 0 Å². The van der Waals surface area contributed by atoms with Gasteiger partial charge in [-0.05, 0) is 25.0 Å². The Labute approximate surface area is 95.0 Å². The van der Waals surface area contributed by atoms with E-state index in [-0.39, 0.29) is 5.92 Å². The summed E-state index contributed by atoms with van der Waals surface area (Å²) in [4.78, 5) is 11.3. The smallest absolute Gasteiger partial charge is 0.311 e. The van der Waals surface area contributed by atoms with Crippen molar-refractivity contribution in [2.75, 3.05) is 13.2 Å². The monoisotopic (exact) mass is 220 g/mol. The quantitative estimate of drug-likeness (QED) is 0.848. The minimum Gasteiger partial charge on any atom is -0.481 e. The van der Waals surface area contributed by atoms with Crippen molar-refractivity contribution in [1.82, 2.24) is 0 Å². The van der Waals surface area contributed by atoms with E-state index in [4.69, 9.17) is 4.74 Å². The highest BCUT2D eigenvalue weighted by molar-refractivity contribution is 5.77. The summed E-state index contributed by atoms with van der Waals surface area (Å²) in [5.41, 5.74) is 3.08. The van der Waals surface area contributed by atoms with Gasteiger partial charge in [-0.1, -0.05) is 23.8 Å². The van der Waals surface area contributed by atoms with Crippen molar-refractivity contribution in [3.05, 3.63) is 34.9 Å². The normalized spacial score (nSPS) is 17.9. The minimum atomic E-state index is -0.748. The summed E-state index contributed by atoms with van der Waals surface area (Å²) in [7, 11) is 0. The van der Waals surface area contributed by atoms with Gasteiger partial charge in [-0.15, -0.1) is 0 Å². The van der Waals surface area contributed by atoms with E-state index in [0.717, 1.165) is 16.7 Å². The second-order valence-electron chi connectivity index (χ2n) is 4.47. The maximum absolute atomic E-state index is 11.3. The molecule has 1 aliphatic rings. The molecule has 2 rings (SSSR count). The fourth-order valence-corrected chi connectivity index (χ4v) is 2.13. The first-order valence-corrected chi connectivity index (χ1v) is 5.47. The van der Waals surface area contributed by atoms with Crippen molar-refractivity contribution in [2.24, 2.45) is 5.92 Å². The number of carboxylic acid groups (broad SMARTS) is 1. The molecule has 0 bridgehead atoms. The molecule has 0 amide bonds. The molecular formula is C13H16O3. The zero-order valence-electron chi connectivity index (χ0n) is 9.56. The lowest BCUT2D eigenvalue weighted by atomic mass is 9.82. The third-order valence-corrected chi connectivity index (χ3v) is 3.17. The SMILES string of the molecule is Cc1ccc(C)c(C(C(=O)O)C2COC2)c1. The number of ether oxygens (including phenoxy) is 1. The summed E-state index contributed by atoms with van der Waals surface area (Å²) in [5.74, 6) is -1.05. The zero-order valence-corrected chi connectivity index (χ0v) is 9.56. The van der Waals surface area contributed by atoms with E-state index in [9.17, 15) is 9.90 Å². The molecule has 1 heterocycles. The molecule has 0 spiro atoms. The van der Waals surface area contributed by atoms with Crippen LogP contribution in [0.5, 0.6) is 0 Å². The van der Waals surface area contributed by atoms with Crippen LogP contribution < -0.4 is 0 Å². The molecule has 1 aliphatic heterocycles. The number of aryl methyl sites for hydroxylation is 2. The average Bonchev–Trinajstić information content (AvgIpc) is 2.15. The lowest BCUT2D eigenvalue weighted by Crippen LogP contribution is -2.37. The number of rotatable bonds is 3. The number of hydrogen-bond acceptors (Lipinski definition) is 2. The van der Waals surface area contributed by atoms with Gasteiger partial charge in [0.15, 0.2) is 0 Å². The summed E-state index contributed by atoms with van der Waals surface area (Å²) < 4.78 is 5.09. The van der Waals surface area contributed by atoms with Gasteiger partial charge in [0, 0.05) is 5.92 Å². The Balaban J connectivity index is 2.37. The first-order valence-electron chi connectivity index (χ1n) is 5.47. The van der Waals surface area contributed by atoms with Gasteiger partial charge in [-0.25, -0.2) is 0 Å². The molecule has 3 nitrogen and oxygen atoms in total. The molecular weight excluding hydrogens is 204 g/mol. The van der Waals surface area contributed by atoms with Crippen molar-refractivity contribution in [2.45, 2.75) is 19.8 Å². The second-order valence-corrected chi connectivity index (χ2v) is 4.47. The maximum atomic E-state index is 11.3. The molecule has 1 N–H and O–H groups in total. The van der Waals surface area contributed by atoms with Crippen molar-refractivity contribution in [1.29, 1.82) is 0 Å². The Morgan fingerprint density at radius 3 is 2.62 bits per heavy atom. The molecule has 0 aliphatic carbocycles. The fourth-order valence-electron chi connectivity index (χ4n) is 2.13. The van der Waals surface area contributed by atoms with Crippen molar-refractivity contribution in [3.8, 4) is 0 Å². The largest absolute Gasteiger partial charge is 0.481 e. The number of carbonyl (C=O) groups is 1. The zero-order chi connectivity index (χ0) is 11.7. The predicted molar refractivity (Wildman–Crippen MR) is 60.6 cm³/mol. The first kappa shape index (κ1) is 11.1. The number of hydrogen-bond donors (Lipinski definition) is 1. The van der Waals surface area contributed by atoms with Crippen LogP contribution in [-0.4, -0.2) is 24.3 Å². The number of aliphatic carboxylic acids is 1. The lowest BCUT2D eigenvalue weighted by molar-refractivity contribution is -0.146. The molecule has 16 heavy (non-hydrogen) atoms. The third-order valence-electron chi connectivity index (χ3n) is 3.17. The maximum Gasteiger partial charge on any atom is 0.311 e. The van der Waals surface area contributed by atoms with Gasteiger partial charge in [0.1, 0.15) is 0 Å². The van der Waals surface area contributed by atoms with Crippen LogP contribution in [-0.2, 0) is 9.53 Å². The number of benzene rings is 1. The predicted octanol–water partition coefficient (Wildman–Crippen LogP) is 2.12. The number of carboxylic acids is 1. The van der Waals surface area contributed by atoms with E-state index in [2.05, 4.69) is 0 Å². The Kier molecular flexibility index (Phi) is 2.97. The highest BCUT2D eigenvalue weighted by Gasteiger charge is 2.35. The fraction of sp³-hybridized carbons (Fsp3) is 0.462. The average molecular weight is 220 g/mol. The van der Waals surface area contributed by atoms with E-state index < -0.39 is 11.9 Å². The first-order chi connectivity index (χ1) is 7.59. The van der Waals surface area contributed by atoms with Gasteiger partial charge >= 0.3 is 5.97 Å². The Bertz CT molecular complexity index is 408. The standard InChI is InChI=1S/C13H16O3/c1-8-3-4-9(2)11(5-8)12(13(14)15)10-6-16-7-10/h3-5,10,12H,6-7H2,1-2H3,(H,14,15). The van der Waals surface area contributed by atoms with E-state index >= 15 is 0 Å². The third kappa shape index (κ3) is 1.95. The van der Waals surface area contributed by atoms with Crippen LogP contribution in [0.2, 0.25) is 0 Å². The molecule has 86 valence electrons. The Hall–Kier alpha value is -1.35. The van der Waals surface area contributed by atoms with Crippen LogP contribution in [0.3, 0.4) is 0 Å². The van der Waals surface area contributed by atoms with Crippen LogP contribution in [0.4, 0.5) is 0 Å². The van der Waals surface area contributed by atoms with E-state index in [0.29, 0.717) is 13.2 Å². The highest BCUT2D eigenvalue weighted by atomic mass is 16.5. The van der Waals surface area contributed by atoms with Crippen LogP contribution in [0.25, 0.3) is 0 Å². The molecule has 1 unspecified atom stereocenters. The van der Waals surface area contributed by atoms with Crippen LogP contribution in [0.15, 0.2) is 18.2 Å². The Morgan fingerprint density at radius 2 is 2.12 bits per heavy atom. The summed E-state index contributed by atoms with van der Waals surface area (Å²) in [6, 6.07) is 5.97. The summed E-state index contributed by atoms with van der Waals surface area (Å²) in [6.07, 6.45) is 0. The van der Waals surface area contributed by atoms with Gasteiger partial charge in [-0.2, -0.15) is 0 Å². The summed E-state index contributed by atoms with van der Waals surface area (Å²) in [5, 5.41) is 9.32. The molecule has 1 saturated heterocycles. The van der Waals surface area contributed by atoms with Crippen LogP contribution in [0, 0.1) is 19.8 Å². The second kappa shape index (κ2) is 4.26. The molecule has 1 atom stereocenters. The van der Waals surface area contributed by atoms with Crippen molar-refractivity contribution >= 4 is 5.97 Å². The molecule has 0 radical (unpaired) electrons. The molecule has 1 aromatic rings. The topological polar surface area (TPSA) is 46.5 Å². The summed E-state index contributed by atoms with van der Waals surface area (Å²) >= 11 is 0. The van der Waals surface area contributed by atoms with Gasteiger partial charge in [0.2, 0.25) is 0 Å². The molecule has 0 saturated carbocycles. The van der Waals surface area contributed by atoms with Gasteiger partial charge in [0.25, 0.3) is 0 Å². The van der Waals surface area contributed by atoms with E-state index in [1.807, 2.05) is 32.0 Å². The summed E-state index contributed by atoms with van der Waals surface area (Å²) in [6.45, 7) is 5.07. The molecule has 0 aromatic heterocycles. The van der Waals surface area contributed by atoms with Gasteiger partial charge in [0.05, 0.1) is 19.1 Å². The van der Waals surface area contributed by atoms with Crippen LogP contribution in [0.1, 0.15) is 22.6 Å². The minimum absolute atomic E-state index is 0.123. The highest BCUT2D eigenvalue weighted by Crippen LogP contribution is 2.32. The molecule has 1 fully saturated rings. The van der Waals surface area contributed by atoms with Crippen LogP contribution >= 0.6 is 0 Å².